The van der Waals surface area contributed by atoms with Gasteiger partial charge in [-0.15, -0.1) is 0 Å². The van der Waals surface area contributed by atoms with Crippen molar-refractivity contribution in [2.24, 2.45) is 0 Å². The van der Waals surface area contributed by atoms with Gasteiger partial charge in [0, 0.05) is 21.9 Å². The van der Waals surface area contributed by atoms with Crippen LogP contribution in [0.5, 0.6) is 11.5 Å². The molecule has 0 spiro atoms. The molecule has 26 heavy (non-hydrogen) atoms. The Labute approximate surface area is 153 Å². The number of hydrogen-bond donors (Lipinski definition) is 0. The van der Waals surface area contributed by atoms with E-state index in [1.165, 1.54) is 5.56 Å². The SMILES string of the molecule is C=c1ccc2c(c1)Oc1cc(CC)ccc1C=2c1ccccc1C(C)=O. The quantitative estimate of drug-likeness (QED) is 0.522. The van der Waals surface area contributed by atoms with E-state index in [0.29, 0.717) is 0 Å². The highest BCUT2D eigenvalue weighted by atomic mass is 16.5. The van der Waals surface area contributed by atoms with Crippen molar-refractivity contribution < 1.29 is 9.53 Å². The van der Waals surface area contributed by atoms with E-state index < -0.39 is 0 Å². The van der Waals surface area contributed by atoms with Gasteiger partial charge in [-0.3, -0.25) is 4.79 Å². The standard InChI is InChI=1S/C24H20O2/c1-4-17-10-12-21-23(14-17)26-22-13-15(2)9-11-20(22)24(21)19-8-6-5-7-18(19)16(3)25/h5-14H,2,4H2,1,3H3. The van der Waals surface area contributed by atoms with Gasteiger partial charge in [0.25, 0.3) is 0 Å². The molecule has 3 aromatic carbocycles. The Kier molecular flexibility index (Phi) is 3.96. The van der Waals surface area contributed by atoms with E-state index in [9.17, 15) is 4.79 Å². The minimum atomic E-state index is 0.0571. The summed E-state index contributed by atoms with van der Waals surface area (Å²) in [7, 11) is 0. The number of carbonyl (C=O) groups excluding carboxylic acids is 1. The van der Waals surface area contributed by atoms with Gasteiger partial charge in [-0.1, -0.05) is 62.0 Å². The van der Waals surface area contributed by atoms with E-state index >= 15 is 0 Å². The summed E-state index contributed by atoms with van der Waals surface area (Å²) in [5.74, 6) is 1.67. The second-order valence-electron chi connectivity index (χ2n) is 6.59. The predicted octanol–water partition coefficient (Wildman–Crippen LogP) is 4.21. The van der Waals surface area contributed by atoms with Gasteiger partial charge < -0.3 is 4.74 Å². The van der Waals surface area contributed by atoms with Crippen molar-refractivity contribution in [2.45, 2.75) is 20.3 Å². The fourth-order valence-electron chi connectivity index (χ4n) is 3.50. The molecule has 2 heteroatoms. The topological polar surface area (TPSA) is 26.3 Å². The first-order valence-corrected chi connectivity index (χ1v) is 8.83. The lowest BCUT2D eigenvalue weighted by Gasteiger charge is -2.23. The Morgan fingerprint density at radius 1 is 0.962 bits per heavy atom. The van der Waals surface area contributed by atoms with Gasteiger partial charge in [-0.25, -0.2) is 0 Å². The summed E-state index contributed by atoms with van der Waals surface area (Å²) in [5, 5.41) is 1.89. The molecule has 0 bridgehead atoms. The largest absolute Gasteiger partial charge is 0.456 e. The number of fused-ring (bicyclic) bond motifs is 2. The molecule has 0 saturated heterocycles. The maximum absolute atomic E-state index is 12.2. The van der Waals surface area contributed by atoms with E-state index in [-0.39, 0.29) is 5.78 Å². The summed E-state index contributed by atoms with van der Waals surface area (Å²) in [4.78, 5) is 12.2. The van der Waals surface area contributed by atoms with Crippen LogP contribution in [0, 0.1) is 0 Å². The lowest BCUT2D eigenvalue weighted by Crippen LogP contribution is -2.20. The van der Waals surface area contributed by atoms with E-state index in [4.69, 9.17) is 4.74 Å². The third kappa shape index (κ3) is 2.64. The zero-order chi connectivity index (χ0) is 18.3. The third-order valence-corrected chi connectivity index (χ3v) is 4.83. The molecule has 0 N–H and O–H groups in total. The van der Waals surface area contributed by atoms with Crippen LogP contribution in [0.2, 0.25) is 0 Å². The van der Waals surface area contributed by atoms with Crippen LogP contribution in [0.4, 0.5) is 0 Å². The zero-order valence-electron chi connectivity index (χ0n) is 15.0. The number of benzene rings is 3. The number of rotatable bonds is 3. The van der Waals surface area contributed by atoms with Crippen molar-refractivity contribution >= 4 is 17.9 Å². The summed E-state index contributed by atoms with van der Waals surface area (Å²) in [6.07, 6.45) is 0.943. The summed E-state index contributed by atoms with van der Waals surface area (Å²) in [6.45, 7) is 7.76. The predicted molar refractivity (Wildman–Crippen MR) is 105 cm³/mol. The maximum Gasteiger partial charge on any atom is 0.160 e. The van der Waals surface area contributed by atoms with Gasteiger partial charge in [0.15, 0.2) is 5.78 Å². The monoisotopic (exact) mass is 340 g/mol. The fraction of sp³-hybridized carbons (Fsp3) is 0.125. The highest BCUT2D eigenvalue weighted by Crippen LogP contribution is 2.37. The molecule has 0 fully saturated rings. The minimum absolute atomic E-state index is 0.0571. The smallest absolute Gasteiger partial charge is 0.160 e. The van der Waals surface area contributed by atoms with Gasteiger partial charge in [0.2, 0.25) is 0 Å². The summed E-state index contributed by atoms with van der Waals surface area (Å²) in [5.41, 5.74) is 4.93. The normalized spacial score (nSPS) is 12.2. The second-order valence-corrected chi connectivity index (χ2v) is 6.59. The molecule has 1 aliphatic rings. The summed E-state index contributed by atoms with van der Waals surface area (Å²) in [6, 6.07) is 20.0. The Bertz CT molecular complexity index is 1140. The van der Waals surface area contributed by atoms with Crippen molar-refractivity contribution in [2.75, 3.05) is 0 Å². The average molecular weight is 340 g/mol. The molecule has 0 unspecified atom stereocenters. The van der Waals surface area contributed by atoms with E-state index in [1.54, 1.807) is 6.92 Å². The molecular weight excluding hydrogens is 320 g/mol. The van der Waals surface area contributed by atoms with Crippen molar-refractivity contribution in [3.05, 3.63) is 93.4 Å². The van der Waals surface area contributed by atoms with Crippen LogP contribution < -0.4 is 15.2 Å². The first-order valence-electron chi connectivity index (χ1n) is 8.83. The summed E-state index contributed by atoms with van der Waals surface area (Å²) < 4.78 is 6.21. The highest BCUT2D eigenvalue weighted by molar-refractivity contribution is 6.01. The number of aryl methyl sites for hydroxylation is 1. The minimum Gasteiger partial charge on any atom is -0.456 e. The van der Waals surface area contributed by atoms with Crippen LogP contribution in [0.3, 0.4) is 0 Å². The van der Waals surface area contributed by atoms with Crippen molar-refractivity contribution in [3.8, 4) is 11.5 Å². The summed E-state index contributed by atoms with van der Waals surface area (Å²) >= 11 is 0. The number of ether oxygens (including phenoxy) is 1. The average Bonchev–Trinajstić information content (AvgIpc) is 2.65. The van der Waals surface area contributed by atoms with E-state index in [1.807, 2.05) is 42.5 Å². The van der Waals surface area contributed by atoms with Gasteiger partial charge in [-0.2, -0.15) is 0 Å². The molecule has 1 heterocycles. The Morgan fingerprint density at radius 3 is 2.54 bits per heavy atom. The highest BCUT2D eigenvalue weighted by Gasteiger charge is 2.22. The molecule has 128 valence electrons. The third-order valence-electron chi connectivity index (χ3n) is 4.83. The Hall–Kier alpha value is -3.13. The van der Waals surface area contributed by atoms with E-state index in [0.717, 1.165) is 50.6 Å². The van der Waals surface area contributed by atoms with Gasteiger partial charge in [-0.05, 0) is 41.8 Å². The molecule has 0 aromatic heterocycles. The molecule has 3 aromatic rings. The Morgan fingerprint density at radius 2 is 1.77 bits per heavy atom. The second kappa shape index (κ2) is 6.30. The first-order chi connectivity index (χ1) is 12.6. The van der Waals surface area contributed by atoms with E-state index in [2.05, 4.69) is 31.7 Å². The van der Waals surface area contributed by atoms with Gasteiger partial charge in [0.05, 0.1) is 0 Å². The number of carbonyl (C=O) groups is 1. The molecule has 2 nitrogen and oxygen atoms in total. The molecule has 0 radical (unpaired) electrons. The molecular formula is C24H20O2. The lowest BCUT2D eigenvalue weighted by molar-refractivity contribution is 0.101. The number of ketones is 1. The molecule has 0 aliphatic carbocycles. The van der Waals surface area contributed by atoms with Crippen molar-refractivity contribution in [3.63, 3.8) is 0 Å². The van der Waals surface area contributed by atoms with Crippen molar-refractivity contribution in [1.29, 1.82) is 0 Å². The van der Waals surface area contributed by atoms with Crippen LogP contribution >= 0.6 is 0 Å². The van der Waals surface area contributed by atoms with Gasteiger partial charge >= 0.3 is 0 Å². The molecule has 1 aliphatic heterocycles. The number of Topliss-reactive ketones (excluding diaryl/α,β-unsaturated/α-hetero) is 1. The molecule has 0 atom stereocenters. The molecule has 4 rings (SSSR count). The Balaban J connectivity index is 2.13. The van der Waals surface area contributed by atoms with Crippen LogP contribution in [0.1, 0.15) is 40.9 Å². The van der Waals surface area contributed by atoms with Crippen LogP contribution in [-0.4, -0.2) is 5.78 Å². The zero-order valence-corrected chi connectivity index (χ0v) is 15.0. The fourth-order valence-corrected chi connectivity index (χ4v) is 3.50. The van der Waals surface area contributed by atoms with Crippen LogP contribution in [0.25, 0.3) is 12.2 Å². The molecule has 0 amide bonds. The lowest BCUT2D eigenvalue weighted by atomic mass is 9.88. The first kappa shape index (κ1) is 16.3. The van der Waals surface area contributed by atoms with Crippen LogP contribution in [0.15, 0.2) is 60.7 Å². The number of hydrogen-bond acceptors (Lipinski definition) is 2. The molecule has 0 saturated carbocycles. The maximum atomic E-state index is 12.2. The van der Waals surface area contributed by atoms with Crippen molar-refractivity contribution in [1.82, 2.24) is 0 Å². The van der Waals surface area contributed by atoms with Gasteiger partial charge in [0.1, 0.15) is 11.5 Å². The van der Waals surface area contributed by atoms with Crippen LogP contribution in [-0.2, 0) is 6.42 Å².